The summed E-state index contributed by atoms with van der Waals surface area (Å²) >= 11 is 6.19. The summed E-state index contributed by atoms with van der Waals surface area (Å²) in [6.07, 6.45) is 2.53. The van der Waals surface area contributed by atoms with E-state index in [1.807, 2.05) is 30.3 Å². The van der Waals surface area contributed by atoms with Crippen molar-refractivity contribution in [2.24, 2.45) is 0 Å². The molecule has 1 aliphatic rings. The molecule has 0 aliphatic carbocycles. The first kappa shape index (κ1) is 17.0. The molecule has 4 heteroatoms. The van der Waals surface area contributed by atoms with Gasteiger partial charge in [0.15, 0.2) is 0 Å². The second-order valence-corrected chi connectivity index (χ2v) is 6.69. The molecule has 24 heavy (non-hydrogen) atoms. The highest BCUT2D eigenvalue weighted by Crippen LogP contribution is 2.26. The van der Waals surface area contributed by atoms with Crippen molar-refractivity contribution in [1.29, 1.82) is 5.26 Å². The molecule has 1 N–H and O–H groups in total. The molecule has 1 saturated heterocycles. The zero-order chi connectivity index (χ0) is 16.8. The molecule has 3 nitrogen and oxygen atoms in total. The molecule has 1 fully saturated rings. The predicted octanol–water partition coefficient (Wildman–Crippen LogP) is 4.14. The summed E-state index contributed by atoms with van der Waals surface area (Å²) in [7, 11) is 0. The lowest BCUT2D eigenvalue weighted by atomic mass is 10.1. The van der Waals surface area contributed by atoms with Gasteiger partial charge in [-0.05, 0) is 61.3 Å². The number of halogens is 1. The summed E-state index contributed by atoms with van der Waals surface area (Å²) in [4.78, 5) is 2.53. The van der Waals surface area contributed by atoms with Crippen LogP contribution >= 0.6 is 11.6 Å². The van der Waals surface area contributed by atoms with Crippen molar-refractivity contribution in [1.82, 2.24) is 10.2 Å². The molecule has 1 atom stereocenters. The lowest BCUT2D eigenvalue weighted by Crippen LogP contribution is -2.34. The maximum absolute atomic E-state index is 9.00. The predicted molar refractivity (Wildman–Crippen MR) is 97.9 cm³/mol. The number of nitriles is 1. The summed E-state index contributed by atoms with van der Waals surface area (Å²) in [5.41, 5.74) is 3.11. The van der Waals surface area contributed by atoms with Gasteiger partial charge in [0.1, 0.15) is 0 Å². The molecular formula is C20H22ClN3. The highest BCUT2D eigenvalue weighted by Gasteiger charge is 2.23. The van der Waals surface area contributed by atoms with Crippen LogP contribution in [0, 0.1) is 11.3 Å². The fraction of sp³-hybridized carbons (Fsp3) is 0.350. The normalized spacial score (nSPS) is 16.0. The number of nitrogens with one attached hydrogen (secondary N) is 1. The van der Waals surface area contributed by atoms with Crippen LogP contribution in [0.5, 0.6) is 0 Å². The second-order valence-electron chi connectivity index (χ2n) is 6.26. The Morgan fingerprint density at radius 3 is 2.67 bits per heavy atom. The van der Waals surface area contributed by atoms with Crippen LogP contribution in [0.3, 0.4) is 0 Å². The van der Waals surface area contributed by atoms with Gasteiger partial charge >= 0.3 is 0 Å². The first-order valence-electron chi connectivity index (χ1n) is 8.45. The van der Waals surface area contributed by atoms with Crippen molar-refractivity contribution in [3.63, 3.8) is 0 Å². The highest BCUT2D eigenvalue weighted by atomic mass is 35.5. The molecule has 0 saturated carbocycles. The van der Waals surface area contributed by atoms with E-state index in [0.717, 1.165) is 36.8 Å². The van der Waals surface area contributed by atoms with Crippen LogP contribution in [0.2, 0.25) is 5.02 Å². The van der Waals surface area contributed by atoms with Crippen LogP contribution in [0.25, 0.3) is 0 Å². The van der Waals surface area contributed by atoms with E-state index in [1.54, 1.807) is 0 Å². The van der Waals surface area contributed by atoms with Gasteiger partial charge in [-0.1, -0.05) is 35.9 Å². The maximum Gasteiger partial charge on any atom is 0.0991 e. The summed E-state index contributed by atoms with van der Waals surface area (Å²) in [5.74, 6) is 0. The largest absolute Gasteiger partial charge is 0.311 e. The minimum Gasteiger partial charge on any atom is -0.311 e. The quantitative estimate of drug-likeness (QED) is 0.859. The number of likely N-dealkylation sites (tertiary alicyclic amines) is 1. The van der Waals surface area contributed by atoms with Crippen LogP contribution in [0.1, 0.15) is 35.6 Å². The summed E-state index contributed by atoms with van der Waals surface area (Å²) < 4.78 is 0. The average Bonchev–Trinajstić information content (AvgIpc) is 3.13. The zero-order valence-electron chi connectivity index (χ0n) is 13.7. The van der Waals surface area contributed by atoms with E-state index < -0.39 is 0 Å². The smallest absolute Gasteiger partial charge is 0.0991 e. The number of rotatable bonds is 6. The van der Waals surface area contributed by atoms with Crippen molar-refractivity contribution >= 4 is 11.6 Å². The van der Waals surface area contributed by atoms with Gasteiger partial charge in [-0.15, -0.1) is 0 Å². The van der Waals surface area contributed by atoms with Gasteiger partial charge < -0.3 is 5.32 Å². The standard InChI is InChI=1S/C20H22ClN3/c21-19-8-4-7-18(12-19)20(24-9-1-2-10-24)15-23-14-17-6-3-5-16(11-17)13-22/h3-8,11-12,20,23H,1-2,9-10,14-15H2/t20-/m0/s1. The molecule has 124 valence electrons. The Labute approximate surface area is 148 Å². The van der Waals surface area contributed by atoms with E-state index >= 15 is 0 Å². The van der Waals surface area contributed by atoms with Crippen molar-refractivity contribution in [2.75, 3.05) is 19.6 Å². The first-order valence-corrected chi connectivity index (χ1v) is 8.83. The Morgan fingerprint density at radius 1 is 1.12 bits per heavy atom. The molecule has 1 heterocycles. The first-order chi connectivity index (χ1) is 11.8. The van der Waals surface area contributed by atoms with Crippen LogP contribution in [-0.2, 0) is 6.54 Å². The van der Waals surface area contributed by atoms with E-state index in [1.165, 1.54) is 18.4 Å². The van der Waals surface area contributed by atoms with Crippen LogP contribution in [0.15, 0.2) is 48.5 Å². The van der Waals surface area contributed by atoms with Gasteiger partial charge in [0, 0.05) is 24.2 Å². The average molecular weight is 340 g/mol. The fourth-order valence-electron chi connectivity index (χ4n) is 3.33. The van der Waals surface area contributed by atoms with E-state index in [2.05, 4.69) is 34.5 Å². The lowest BCUT2D eigenvalue weighted by Gasteiger charge is -2.28. The molecule has 0 radical (unpaired) electrons. The Kier molecular flexibility index (Phi) is 5.87. The molecule has 2 aromatic carbocycles. The van der Waals surface area contributed by atoms with Crippen LogP contribution in [-0.4, -0.2) is 24.5 Å². The summed E-state index contributed by atoms with van der Waals surface area (Å²) in [6, 6.07) is 18.5. The number of hydrogen-bond acceptors (Lipinski definition) is 3. The molecule has 0 unspecified atom stereocenters. The number of nitrogens with zero attached hydrogens (tertiary/aromatic N) is 2. The van der Waals surface area contributed by atoms with E-state index in [0.29, 0.717) is 11.6 Å². The Balaban J connectivity index is 1.67. The van der Waals surface area contributed by atoms with Gasteiger partial charge in [0.25, 0.3) is 0 Å². The molecule has 2 aromatic rings. The third-order valence-electron chi connectivity index (χ3n) is 4.54. The maximum atomic E-state index is 9.00. The summed E-state index contributed by atoms with van der Waals surface area (Å²) in [6.45, 7) is 3.92. The van der Waals surface area contributed by atoms with Crippen LogP contribution in [0.4, 0.5) is 0 Å². The van der Waals surface area contributed by atoms with Gasteiger partial charge in [-0.25, -0.2) is 0 Å². The van der Waals surface area contributed by atoms with Gasteiger partial charge in [0.2, 0.25) is 0 Å². The second kappa shape index (κ2) is 8.30. The van der Waals surface area contributed by atoms with Crippen molar-refractivity contribution in [2.45, 2.75) is 25.4 Å². The highest BCUT2D eigenvalue weighted by molar-refractivity contribution is 6.30. The summed E-state index contributed by atoms with van der Waals surface area (Å²) in [5, 5.41) is 13.3. The van der Waals surface area contributed by atoms with E-state index in [4.69, 9.17) is 16.9 Å². The van der Waals surface area contributed by atoms with E-state index in [-0.39, 0.29) is 0 Å². The third kappa shape index (κ3) is 4.36. The molecule has 0 aromatic heterocycles. The van der Waals surface area contributed by atoms with Crippen molar-refractivity contribution in [3.05, 3.63) is 70.2 Å². The molecule has 0 spiro atoms. The molecule has 0 bridgehead atoms. The monoisotopic (exact) mass is 339 g/mol. The van der Waals surface area contributed by atoms with Crippen molar-refractivity contribution in [3.8, 4) is 6.07 Å². The molecule has 3 rings (SSSR count). The Morgan fingerprint density at radius 2 is 1.92 bits per heavy atom. The van der Waals surface area contributed by atoms with Gasteiger partial charge in [-0.2, -0.15) is 5.26 Å². The number of hydrogen-bond donors (Lipinski definition) is 1. The lowest BCUT2D eigenvalue weighted by molar-refractivity contribution is 0.238. The minimum atomic E-state index is 0.338. The van der Waals surface area contributed by atoms with Crippen LogP contribution < -0.4 is 5.32 Å². The minimum absolute atomic E-state index is 0.338. The topological polar surface area (TPSA) is 39.1 Å². The van der Waals surface area contributed by atoms with E-state index in [9.17, 15) is 0 Å². The van der Waals surface area contributed by atoms with Gasteiger partial charge in [0.05, 0.1) is 11.6 Å². The van der Waals surface area contributed by atoms with Crippen molar-refractivity contribution < 1.29 is 0 Å². The number of benzene rings is 2. The SMILES string of the molecule is N#Cc1cccc(CNC[C@@H](c2cccc(Cl)c2)N2CCCC2)c1. The molecule has 0 amide bonds. The third-order valence-corrected chi connectivity index (χ3v) is 4.77. The molecule has 1 aliphatic heterocycles. The Bertz CT molecular complexity index is 717. The van der Waals surface area contributed by atoms with Gasteiger partial charge in [-0.3, -0.25) is 4.90 Å². The Hall–Kier alpha value is -1.86. The molecular weight excluding hydrogens is 318 g/mol. The zero-order valence-corrected chi connectivity index (χ0v) is 14.5. The fourth-order valence-corrected chi connectivity index (χ4v) is 3.53.